The van der Waals surface area contributed by atoms with Gasteiger partial charge < -0.3 is 9.84 Å². The number of aliphatic hydroxyl groups excluding tert-OH is 1. The number of esters is 1. The van der Waals surface area contributed by atoms with E-state index in [0.717, 1.165) is 31.3 Å². The highest BCUT2D eigenvalue weighted by Gasteiger charge is 2.62. The van der Waals surface area contributed by atoms with Crippen molar-refractivity contribution in [2.24, 2.45) is 34.5 Å². The molecular weight excluding hydrogens is 368 g/mol. The van der Waals surface area contributed by atoms with Crippen LogP contribution >= 0.6 is 0 Å². The van der Waals surface area contributed by atoms with Crippen LogP contribution < -0.4 is 0 Å². The van der Waals surface area contributed by atoms with Crippen molar-refractivity contribution in [3.8, 4) is 0 Å². The summed E-state index contributed by atoms with van der Waals surface area (Å²) in [5.41, 5.74) is 0.601. The van der Waals surface area contributed by atoms with E-state index >= 15 is 0 Å². The Morgan fingerprint density at radius 1 is 1.24 bits per heavy atom. The molecule has 0 bridgehead atoms. The highest BCUT2D eigenvalue weighted by Crippen LogP contribution is 2.66. The number of allylic oxidation sites excluding steroid dienone is 4. The molecule has 3 fully saturated rings. The predicted octanol–water partition coefficient (Wildman–Crippen LogP) is 3.40. The first-order valence-corrected chi connectivity index (χ1v) is 11.0. The van der Waals surface area contributed by atoms with Crippen molar-refractivity contribution in [2.45, 2.75) is 65.4 Å². The molecule has 7 atom stereocenters. The number of carbonyl (C=O) groups excluding carboxylic acids is 3. The van der Waals surface area contributed by atoms with Crippen LogP contribution in [0.15, 0.2) is 23.8 Å². The van der Waals surface area contributed by atoms with Crippen LogP contribution in [0.25, 0.3) is 0 Å². The first kappa shape index (κ1) is 20.5. The average Bonchev–Trinajstić information content (AvgIpc) is 3.02. The fraction of sp³-hybridized carbons (Fsp3) is 0.708. The Morgan fingerprint density at radius 2 is 2.00 bits per heavy atom. The summed E-state index contributed by atoms with van der Waals surface area (Å²) >= 11 is 0. The monoisotopic (exact) mass is 400 g/mol. The van der Waals surface area contributed by atoms with Gasteiger partial charge in [0.15, 0.2) is 11.6 Å². The standard InChI is InChI=1S/C24H32O5/c1-4-21(28)29-13-20(27)18-8-7-17-16-6-5-14-11-15(25)9-10-23(14,2)22(16)19(26)12-24(17,18)3/h9-11,16-19,22,26H,4-8,12-13H2,1-3H3. The minimum absolute atomic E-state index is 0.00628. The predicted molar refractivity (Wildman–Crippen MR) is 108 cm³/mol. The number of Topliss-reactive ketones (excluding diaryl/α,β-unsaturated/α-hetero) is 1. The Balaban J connectivity index is 1.58. The number of hydrogen-bond acceptors (Lipinski definition) is 5. The molecule has 158 valence electrons. The molecule has 0 saturated heterocycles. The summed E-state index contributed by atoms with van der Waals surface area (Å²) in [5, 5.41) is 11.3. The van der Waals surface area contributed by atoms with E-state index in [1.54, 1.807) is 19.1 Å². The Hall–Kier alpha value is -1.75. The average molecular weight is 401 g/mol. The van der Waals surface area contributed by atoms with Crippen molar-refractivity contribution in [2.75, 3.05) is 6.61 Å². The second-order valence-electron chi connectivity index (χ2n) is 9.91. The van der Waals surface area contributed by atoms with Gasteiger partial charge in [0.05, 0.1) is 6.10 Å². The summed E-state index contributed by atoms with van der Waals surface area (Å²) in [5.74, 6) is 0.306. The summed E-state index contributed by atoms with van der Waals surface area (Å²) in [7, 11) is 0. The molecule has 7 unspecified atom stereocenters. The SMILES string of the molecule is CCC(=O)OCC(=O)C1CCC2C3CCC4=CC(=O)C=CC4(C)C3C(O)CC12C. The molecule has 4 aliphatic rings. The second-order valence-corrected chi connectivity index (χ2v) is 9.91. The zero-order valence-electron chi connectivity index (χ0n) is 17.6. The molecule has 5 heteroatoms. The number of hydrogen-bond donors (Lipinski definition) is 1. The van der Waals surface area contributed by atoms with Crippen LogP contribution in [0.2, 0.25) is 0 Å². The Labute approximate surface area is 172 Å². The van der Waals surface area contributed by atoms with Gasteiger partial charge in [-0.2, -0.15) is 0 Å². The Kier molecular flexibility index (Phi) is 5.09. The molecule has 0 aromatic rings. The molecule has 3 saturated carbocycles. The molecule has 29 heavy (non-hydrogen) atoms. The first-order valence-electron chi connectivity index (χ1n) is 11.0. The molecule has 4 rings (SSSR count). The quantitative estimate of drug-likeness (QED) is 0.732. The first-order chi connectivity index (χ1) is 13.7. The molecule has 0 amide bonds. The number of ketones is 2. The zero-order valence-corrected chi connectivity index (χ0v) is 17.6. The second kappa shape index (κ2) is 7.19. The fourth-order valence-electron chi connectivity index (χ4n) is 7.21. The third-order valence-corrected chi connectivity index (χ3v) is 8.55. The van der Waals surface area contributed by atoms with Gasteiger partial charge >= 0.3 is 5.97 Å². The number of ether oxygens (including phenoxy) is 1. The number of rotatable bonds is 4. The third-order valence-electron chi connectivity index (χ3n) is 8.55. The van der Waals surface area contributed by atoms with E-state index in [2.05, 4.69) is 13.8 Å². The van der Waals surface area contributed by atoms with Crippen LogP contribution in [0.5, 0.6) is 0 Å². The van der Waals surface area contributed by atoms with Gasteiger partial charge in [-0.3, -0.25) is 14.4 Å². The van der Waals surface area contributed by atoms with Gasteiger partial charge in [0, 0.05) is 23.7 Å². The van der Waals surface area contributed by atoms with Gasteiger partial charge in [0.1, 0.15) is 6.61 Å². The minimum Gasteiger partial charge on any atom is -0.458 e. The number of fused-ring (bicyclic) bond motifs is 5. The van der Waals surface area contributed by atoms with Crippen LogP contribution in [0, 0.1) is 34.5 Å². The van der Waals surface area contributed by atoms with E-state index in [-0.39, 0.29) is 53.2 Å². The Bertz CT molecular complexity index is 795. The van der Waals surface area contributed by atoms with E-state index in [0.29, 0.717) is 18.3 Å². The van der Waals surface area contributed by atoms with Crippen molar-refractivity contribution in [1.82, 2.24) is 0 Å². The summed E-state index contributed by atoms with van der Waals surface area (Å²) in [6.45, 7) is 5.88. The lowest BCUT2D eigenvalue weighted by Gasteiger charge is -2.58. The maximum absolute atomic E-state index is 12.9. The van der Waals surface area contributed by atoms with Crippen LogP contribution in [-0.2, 0) is 19.1 Å². The minimum atomic E-state index is -0.514. The van der Waals surface area contributed by atoms with E-state index in [9.17, 15) is 19.5 Å². The summed E-state index contributed by atoms with van der Waals surface area (Å²) in [6, 6.07) is 0. The molecule has 0 heterocycles. The normalized spacial score (nSPS) is 43.1. The van der Waals surface area contributed by atoms with Crippen LogP contribution in [0.1, 0.15) is 59.3 Å². The maximum Gasteiger partial charge on any atom is 0.305 e. The van der Waals surface area contributed by atoms with Crippen LogP contribution in [0.4, 0.5) is 0 Å². The lowest BCUT2D eigenvalue weighted by atomic mass is 9.46. The highest BCUT2D eigenvalue weighted by atomic mass is 16.5. The number of aliphatic hydroxyl groups is 1. The molecule has 0 aliphatic heterocycles. The van der Waals surface area contributed by atoms with Crippen molar-refractivity contribution in [3.63, 3.8) is 0 Å². The highest BCUT2D eigenvalue weighted by molar-refractivity contribution is 6.01. The van der Waals surface area contributed by atoms with Gasteiger partial charge in [0.2, 0.25) is 0 Å². The largest absolute Gasteiger partial charge is 0.458 e. The fourth-order valence-corrected chi connectivity index (χ4v) is 7.21. The molecule has 5 nitrogen and oxygen atoms in total. The summed E-state index contributed by atoms with van der Waals surface area (Å²) in [6.07, 6.45) is 9.36. The van der Waals surface area contributed by atoms with E-state index < -0.39 is 6.10 Å². The van der Waals surface area contributed by atoms with Gasteiger partial charge in [-0.15, -0.1) is 0 Å². The van der Waals surface area contributed by atoms with Crippen molar-refractivity contribution in [1.29, 1.82) is 0 Å². The summed E-state index contributed by atoms with van der Waals surface area (Å²) in [4.78, 5) is 36.3. The molecular formula is C24H32O5. The van der Waals surface area contributed by atoms with Gasteiger partial charge in [0.25, 0.3) is 0 Å². The zero-order chi connectivity index (χ0) is 21.0. The third kappa shape index (κ3) is 3.13. The maximum atomic E-state index is 12.9. The molecule has 0 spiro atoms. The van der Waals surface area contributed by atoms with Gasteiger partial charge in [-0.25, -0.2) is 0 Å². The molecule has 0 aromatic heterocycles. The van der Waals surface area contributed by atoms with Crippen LogP contribution in [-0.4, -0.2) is 35.4 Å². The smallest absolute Gasteiger partial charge is 0.305 e. The van der Waals surface area contributed by atoms with Crippen molar-refractivity contribution >= 4 is 17.5 Å². The molecule has 0 aromatic carbocycles. The van der Waals surface area contributed by atoms with E-state index in [4.69, 9.17) is 4.74 Å². The van der Waals surface area contributed by atoms with Crippen molar-refractivity contribution < 1.29 is 24.2 Å². The number of carbonyl (C=O) groups is 3. The van der Waals surface area contributed by atoms with E-state index in [1.165, 1.54) is 0 Å². The molecule has 1 N–H and O–H groups in total. The van der Waals surface area contributed by atoms with Crippen molar-refractivity contribution in [3.05, 3.63) is 23.8 Å². The van der Waals surface area contributed by atoms with Gasteiger partial charge in [-0.1, -0.05) is 32.4 Å². The summed E-state index contributed by atoms with van der Waals surface area (Å²) < 4.78 is 5.12. The lowest BCUT2D eigenvalue weighted by Crippen LogP contribution is -2.56. The molecule has 0 radical (unpaired) electrons. The van der Waals surface area contributed by atoms with E-state index in [1.807, 2.05) is 6.08 Å². The lowest BCUT2D eigenvalue weighted by molar-refractivity contribution is -0.153. The van der Waals surface area contributed by atoms with Crippen LogP contribution in [0.3, 0.4) is 0 Å². The van der Waals surface area contributed by atoms with Gasteiger partial charge in [-0.05, 0) is 61.5 Å². The molecule has 4 aliphatic carbocycles. The Morgan fingerprint density at radius 3 is 2.72 bits per heavy atom. The topological polar surface area (TPSA) is 80.7 Å².